The number of hydrogen-bond donors (Lipinski definition) is 1. The van der Waals surface area contributed by atoms with E-state index < -0.39 is 5.63 Å². The number of benzene rings is 1. The molecule has 1 aliphatic rings. The minimum atomic E-state index is -0.452. The zero-order valence-electron chi connectivity index (χ0n) is 14.9. The van der Waals surface area contributed by atoms with E-state index in [1.807, 2.05) is 44.1 Å². The van der Waals surface area contributed by atoms with Crippen LogP contribution in [0, 0.1) is 6.92 Å². The van der Waals surface area contributed by atoms with Gasteiger partial charge in [-0.2, -0.15) is 0 Å². The number of piperidine rings is 1. The molecule has 6 heteroatoms. The lowest BCUT2D eigenvalue weighted by Crippen LogP contribution is -2.41. The highest BCUT2D eigenvalue weighted by molar-refractivity contribution is 5.86. The topological polar surface area (TPSA) is 74.0 Å². The van der Waals surface area contributed by atoms with Crippen molar-refractivity contribution in [3.05, 3.63) is 39.7 Å². The zero-order valence-corrected chi connectivity index (χ0v) is 14.9. The molecule has 6 nitrogen and oxygen atoms in total. The number of carbonyl (C=O) groups is 1. The monoisotopic (exact) mass is 344 g/mol. The molecule has 1 aliphatic heterocycles. The normalized spacial score (nSPS) is 15.6. The van der Waals surface area contributed by atoms with Crippen LogP contribution >= 0.6 is 0 Å². The number of nitrogens with zero attached hydrogens (tertiary/aromatic N) is 2. The first-order valence-corrected chi connectivity index (χ1v) is 8.56. The lowest BCUT2D eigenvalue weighted by molar-refractivity contribution is -0.132. The third-order valence-electron chi connectivity index (χ3n) is 4.93. The molecule has 1 fully saturated rings. The summed E-state index contributed by atoms with van der Waals surface area (Å²) in [5, 5.41) is 10.4. The van der Waals surface area contributed by atoms with E-state index in [1.165, 1.54) is 0 Å². The number of anilines is 1. The summed E-state index contributed by atoms with van der Waals surface area (Å²) in [4.78, 5) is 28.6. The second-order valence-corrected chi connectivity index (χ2v) is 6.86. The van der Waals surface area contributed by atoms with Crippen molar-refractivity contribution in [2.45, 2.75) is 32.3 Å². The van der Waals surface area contributed by atoms with Crippen molar-refractivity contribution in [3.63, 3.8) is 0 Å². The molecule has 1 aromatic heterocycles. The van der Waals surface area contributed by atoms with Crippen molar-refractivity contribution in [3.8, 4) is 0 Å². The van der Waals surface area contributed by atoms with Crippen molar-refractivity contribution in [1.29, 1.82) is 0 Å². The molecule has 0 atom stereocenters. The predicted molar refractivity (Wildman–Crippen MR) is 97.1 cm³/mol. The Morgan fingerprint density at radius 1 is 1.32 bits per heavy atom. The molecule has 1 N–H and O–H groups in total. The second kappa shape index (κ2) is 6.88. The van der Waals surface area contributed by atoms with Gasteiger partial charge in [-0.3, -0.25) is 4.79 Å². The van der Waals surface area contributed by atoms with E-state index in [-0.39, 0.29) is 18.4 Å². The summed E-state index contributed by atoms with van der Waals surface area (Å²) >= 11 is 0. The van der Waals surface area contributed by atoms with Gasteiger partial charge in [0.2, 0.25) is 5.91 Å². The molecule has 0 spiro atoms. The Morgan fingerprint density at radius 2 is 2.00 bits per heavy atom. The van der Waals surface area contributed by atoms with Gasteiger partial charge in [-0.25, -0.2) is 4.79 Å². The average molecular weight is 344 g/mol. The van der Waals surface area contributed by atoms with Gasteiger partial charge in [-0.15, -0.1) is 0 Å². The van der Waals surface area contributed by atoms with E-state index in [2.05, 4.69) is 0 Å². The summed E-state index contributed by atoms with van der Waals surface area (Å²) in [5.41, 5.74) is 2.24. The number of hydrogen-bond acceptors (Lipinski definition) is 5. The van der Waals surface area contributed by atoms with Gasteiger partial charge in [0, 0.05) is 44.3 Å². The molecule has 134 valence electrons. The zero-order chi connectivity index (χ0) is 18.1. The fourth-order valence-electron chi connectivity index (χ4n) is 3.24. The molecular weight excluding hydrogens is 320 g/mol. The fraction of sp³-hybridized carbons (Fsp3) is 0.474. The number of aryl methyl sites for hydroxylation is 1. The molecule has 2 heterocycles. The number of fused-ring (bicyclic) bond motifs is 1. The maximum atomic E-state index is 12.5. The van der Waals surface area contributed by atoms with Crippen LogP contribution in [0.2, 0.25) is 0 Å². The van der Waals surface area contributed by atoms with Crippen molar-refractivity contribution in [1.82, 2.24) is 4.90 Å². The summed E-state index contributed by atoms with van der Waals surface area (Å²) in [6.07, 6.45) is 0.882. The molecule has 0 aliphatic carbocycles. The first kappa shape index (κ1) is 17.5. The first-order chi connectivity index (χ1) is 11.9. The minimum absolute atomic E-state index is 0.0373. The van der Waals surface area contributed by atoms with Crippen molar-refractivity contribution in [2.75, 3.05) is 32.1 Å². The van der Waals surface area contributed by atoms with E-state index in [0.717, 1.165) is 16.6 Å². The third-order valence-corrected chi connectivity index (χ3v) is 4.93. The molecule has 25 heavy (non-hydrogen) atoms. The van der Waals surface area contributed by atoms with E-state index in [1.54, 1.807) is 4.90 Å². The highest BCUT2D eigenvalue weighted by Crippen LogP contribution is 2.24. The van der Waals surface area contributed by atoms with Gasteiger partial charge in [0.05, 0.1) is 18.1 Å². The minimum Gasteiger partial charge on any atom is -0.422 e. The van der Waals surface area contributed by atoms with E-state index in [0.29, 0.717) is 37.1 Å². The van der Waals surface area contributed by atoms with Gasteiger partial charge in [-0.1, -0.05) is 0 Å². The van der Waals surface area contributed by atoms with Crippen LogP contribution in [-0.4, -0.2) is 49.2 Å². The standard InChI is InChI=1S/C19H24N2O4/c1-12-15-5-4-13(20(2)3)10-17(15)25-19(24)16(12)11-18(23)21-8-6-14(22)7-9-21/h4-5,10,14,22H,6-9,11H2,1-3H3. The SMILES string of the molecule is Cc1c(CC(=O)N2CCC(O)CC2)c(=O)oc2cc(N(C)C)ccc12. The Balaban J connectivity index is 1.90. The highest BCUT2D eigenvalue weighted by atomic mass is 16.4. The number of likely N-dealkylation sites (tertiary alicyclic amines) is 1. The van der Waals surface area contributed by atoms with Gasteiger partial charge in [0.15, 0.2) is 0 Å². The molecule has 0 radical (unpaired) electrons. The lowest BCUT2D eigenvalue weighted by Gasteiger charge is -2.29. The molecule has 1 amide bonds. The smallest absolute Gasteiger partial charge is 0.340 e. The first-order valence-electron chi connectivity index (χ1n) is 8.56. The van der Waals surface area contributed by atoms with Gasteiger partial charge in [-0.05, 0) is 37.5 Å². The Labute approximate surface area is 146 Å². The van der Waals surface area contributed by atoms with Crippen molar-refractivity contribution in [2.24, 2.45) is 0 Å². The molecule has 2 aromatic rings. The van der Waals surface area contributed by atoms with Crippen LogP contribution in [0.25, 0.3) is 11.0 Å². The van der Waals surface area contributed by atoms with E-state index in [4.69, 9.17) is 4.42 Å². The molecule has 1 aromatic carbocycles. The molecule has 0 bridgehead atoms. The molecule has 1 saturated heterocycles. The Kier molecular flexibility index (Phi) is 4.81. The average Bonchev–Trinajstić information content (AvgIpc) is 2.58. The Bertz CT molecular complexity index is 848. The summed E-state index contributed by atoms with van der Waals surface area (Å²) in [6, 6.07) is 5.72. The second-order valence-electron chi connectivity index (χ2n) is 6.86. The third kappa shape index (κ3) is 3.54. The largest absolute Gasteiger partial charge is 0.422 e. The van der Waals surface area contributed by atoms with Crippen LogP contribution in [0.4, 0.5) is 5.69 Å². The summed E-state index contributed by atoms with van der Waals surface area (Å²) in [6.45, 7) is 2.92. The predicted octanol–water partition coefficient (Wildman–Crippen LogP) is 1.69. The summed E-state index contributed by atoms with van der Waals surface area (Å²) in [5.74, 6) is -0.0911. The molecular formula is C19H24N2O4. The van der Waals surface area contributed by atoms with Gasteiger partial charge in [0.1, 0.15) is 5.58 Å². The van der Waals surface area contributed by atoms with Gasteiger partial charge < -0.3 is 19.3 Å². The number of aliphatic hydroxyl groups excluding tert-OH is 1. The quantitative estimate of drug-likeness (QED) is 0.858. The number of aliphatic hydroxyl groups is 1. The van der Waals surface area contributed by atoms with Crippen LogP contribution in [-0.2, 0) is 11.2 Å². The molecule has 0 saturated carbocycles. The van der Waals surface area contributed by atoms with Gasteiger partial charge >= 0.3 is 5.63 Å². The Hall–Kier alpha value is -2.34. The van der Waals surface area contributed by atoms with Gasteiger partial charge in [0.25, 0.3) is 0 Å². The lowest BCUT2D eigenvalue weighted by atomic mass is 10.0. The van der Waals surface area contributed by atoms with Crippen LogP contribution < -0.4 is 10.5 Å². The maximum Gasteiger partial charge on any atom is 0.340 e. The van der Waals surface area contributed by atoms with Crippen molar-refractivity contribution < 1.29 is 14.3 Å². The number of rotatable bonds is 3. The van der Waals surface area contributed by atoms with Crippen LogP contribution in [0.15, 0.2) is 27.4 Å². The maximum absolute atomic E-state index is 12.5. The Morgan fingerprint density at radius 3 is 2.64 bits per heavy atom. The van der Waals surface area contributed by atoms with E-state index >= 15 is 0 Å². The fourth-order valence-corrected chi connectivity index (χ4v) is 3.24. The van der Waals surface area contributed by atoms with Crippen LogP contribution in [0.3, 0.4) is 0 Å². The van der Waals surface area contributed by atoms with E-state index in [9.17, 15) is 14.7 Å². The van der Waals surface area contributed by atoms with Crippen LogP contribution in [0.5, 0.6) is 0 Å². The van der Waals surface area contributed by atoms with Crippen LogP contribution in [0.1, 0.15) is 24.0 Å². The number of amides is 1. The summed E-state index contributed by atoms with van der Waals surface area (Å²) in [7, 11) is 3.85. The molecule has 3 rings (SSSR count). The number of carbonyl (C=O) groups excluding carboxylic acids is 1. The summed E-state index contributed by atoms with van der Waals surface area (Å²) < 4.78 is 5.48. The van der Waals surface area contributed by atoms with Crippen molar-refractivity contribution >= 4 is 22.6 Å². The molecule has 0 unspecified atom stereocenters. The highest BCUT2D eigenvalue weighted by Gasteiger charge is 2.23.